The molecule has 0 N–H and O–H groups in total. The van der Waals surface area contributed by atoms with E-state index in [0.717, 1.165) is 35.9 Å². The number of carbonyl (C=O) groups is 1. The average Bonchev–Trinajstić information content (AvgIpc) is 3.27. The molecule has 0 radical (unpaired) electrons. The van der Waals surface area contributed by atoms with Gasteiger partial charge in [0.25, 0.3) is 5.91 Å². The van der Waals surface area contributed by atoms with Gasteiger partial charge in [-0.3, -0.25) is 9.69 Å². The van der Waals surface area contributed by atoms with Gasteiger partial charge in [-0.15, -0.1) is 11.3 Å². The second kappa shape index (κ2) is 9.73. The lowest BCUT2D eigenvalue weighted by Crippen LogP contribution is -2.49. The number of ether oxygens (including phenoxy) is 2. The highest BCUT2D eigenvalue weighted by molar-refractivity contribution is 7.13. The molecule has 1 aliphatic rings. The van der Waals surface area contributed by atoms with Crippen LogP contribution in [-0.2, 0) is 11.3 Å². The van der Waals surface area contributed by atoms with Crippen LogP contribution in [-0.4, -0.2) is 60.6 Å². The summed E-state index contributed by atoms with van der Waals surface area (Å²) < 4.78 is 10.9. The Bertz CT molecular complexity index is 969. The molecule has 0 spiro atoms. The molecule has 0 aliphatic carbocycles. The Labute approximate surface area is 180 Å². The fourth-order valence-electron chi connectivity index (χ4n) is 3.45. The number of amides is 1. The van der Waals surface area contributed by atoms with E-state index >= 15 is 0 Å². The Balaban J connectivity index is 1.25. The first-order valence-electron chi connectivity index (χ1n) is 9.98. The second-order valence-electron chi connectivity index (χ2n) is 7.11. The minimum Gasteiger partial charge on any atom is -0.493 e. The van der Waals surface area contributed by atoms with Crippen LogP contribution in [0.1, 0.15) is 5.69 Å². The molecule has 30 heavy (non-hydrogen) atoms. The summed E-state index contributed by atoms with van der Waals surface area (Å²) in [6.45, 7) is 3.89. The van der Waals surface area contributed by atoms with E-state index in [1.807, 2.05) is 47.4 Å². The van der Waals surface area contributed by atoms with Gasteiger partial charge in [0, 0.05) is 43.7 Å². The van der Waals surface area contributed by atoms with Crippen molar-refractivity contribution in [3.8, 4) is 22.1 Å². The predicted molar refractivity (Wildman–Crippen MR) is 118 cm³/mol. The summed E-state index contributed by atoms with van der Waals surface area (Å²) in [5, 5.41) is 3.17. The van der Waals surface area contributed by atoms with E-state index in [1.54, 1.807) is 18.4 Å². The minimum atomic E-state index is 0.000535. The first kappa shape index (κ1) is 20.4. The number of hydrogen-bond acceptors (Lipinski definition) is 6. The number of rotatable bonds is 7. The molecule has 0 atom stereocenters. The first-order valence-corrected chi connectivity index (χ1v) is 10.9. The topological polar surface area (TPSA) is 54.9 Å². The number of hydrogen-bond donors (Lipinski definition) is 0. The van der Waals surface area contributed by atoms with E-state index in [0.29, 0.717) is 24.6 Å². The van der Waals surface area contributed by atoms with Crippen molar-refractivity contribution in [2.75, 3.05) is 39.9 Å². The van der Waals surface area contributed by atoms with Crippen LogP contribution >= 0.6 is 11.3 Å². The zero-order valence-corrected chi connectivity index (χ0v) is 17.8. The van der Waals surface area contributed by atoms with Crippen molar-refractivity contribution in [3.63, 3.8) is 0 Å². The van der Waals surface area contributed by atoms with Crippen molar-refractivity contribution in [1.82, 2.24) is 14.8 Å². The molecule has 1 fully saturated rings. The smallest absolute Gasteiger partial charge is 0.260 e. The standard InChI is InChI=1S/C23H25N3O3S/c1-28-20-9-5-6-10-21(20)29-16-22(27)26-13-11-25(12-14-26)15-19-17-30-23(24-19)18-7-3-2-4-8-18/h2-10,17H,11-16H2,1H3. The summed E-state index contributed by atoms with van der Waals surface area (Å²) >= 11 is 1.68. The van der Waals surface area contributed by atoms with Crippen molar-refractivity contribution in [2.24, 2.45) is 0 Å². The van der Waals surface area contributed by atoms with Crippen molar-refractivity contribution in [1.29, 1.82) is 0 Å². The Morgan fingerprint density at radius 2 is 1.70 bits per heavy atom. The van der Waals surface area contributed by atoms with Crippen LogP contribution < -0.4 is 9.47 Å². The molecule has 1 aromatic heterocycles. The maximum atomic E-state index is 12.5. The largest absolute Gasteiger partial charge is 0.493 e. The van der Waals surface area contributed by atoms with Crippen LogP contribution in [0.2, 0.25) is 0 Å². The summed E-state index contributed by atoms with van der Waals surface area (Å²) in [5.41, 5.74) is 2.23. The summed E-state index contributed by atoms with van der Waals surface area (Å²) in [4.78, 5) is 21.5. The molecule has 0 saturated carbocycles. The zero-order chi connectivity index (χ0) is 20.8. The van der Waals surface area contributed by atoms with Gasteiger partial charge in [-0.25, -0.2) is 4.98 Å². The Kier molecular flexibility index (Phi) is 6.61. The summed E-state index contributed by atoms with van der Waals surface area (Å²) in [7, 11) is 1.59. The van der Waals surface area contributed by atoms with Crippen LogP contribution in [0.15, 0.2) is 60.0 Å². The predicted octanol–water partition coefficient (Wildman–Crippen LogP) is 3.54. The molecule has 7 heteroatoms. The first-order chi connectivity index (χ1) is 14.7. The number of methoxy groups -OCH3 is 1. The van der Waals surface area contributed by atoms with Gasteiger partial charge in [0.2, 0.25) is 0 Å². The van der Waals surface area contributed by atoms with Gasteiger partial charge in [0.15, 0.2) is 18.1 Å². The van der Waals surface area contributed by atoms with Crippen molar-refractivity contribution in [2.45, 2.75) is 6.54 Å². The number of thiazole rings is 1. The van der Waals surface area contributed by atoms with Crippen molar-refractivity contribution >= 4 is 17.2 Å². The number of para-hydroxylation sites is 2. The van der Waals surface area contributed by atoms with Gasteiger partial charge in [-0.1, -0.05) is 42.5 Å². The van der Waals surface area contributed by atoms with Crippen LogP contribution in [0, 0.1) is 0 Å². The number of carbonyl (C=O) groups excluding carboxylic acids is 1. The highest BCUT2D eigenvalue weighted by Gasteiger charge is 2.22. The lowest BCUT2D eigenvalue weighted by molar-refractivity contribution is -0.135. The molecule has 1 aliphatic heterocycles. The van der Waals surface area contributed by atoms with E-state index in [2.05, 4.69) is 22.4 Å². The van der Waals surface area contributed by atoms with Crippen molar-refractivity contribution in [3.05, 3.63) is 65.7 Å². The van der Waals surface area contributed by atoms with E-state index in [4.69, 9.17) is 14.5 Å². The van der Waals surface area contributed by atoms with Gasteiger partial charge < -0.3 is 14.4 Å². The number of benzene rings is 2. The van der Waals surface area contributed by atoms with Crippen LogP contribution in [0.5, 0.6) is 11.5 Å². The maximum absolute atomic E-state index is 12.5. The number of nitrogens with zero attached hydrogens (tertiary/aromatic N) is 3. The third-order valence-corrected chi connectivity index (χ3v) is 6.04. The van der Waals surface area contributed by atoms with Gasteiger partial charge >= 0.3 is 0 Å². The Hall–Kier alpha value is -2.90. The van der Waals surface area contributed by atoms with Crippen LogP contribution in [0.25, 0.3) is 10.6 Å². The minimum absolute atomic E-state index is 0.000535. The third kappa shape index (κ3) is 4.98. The normalized spacial score (nSPS) is 14.5. The molecule has 4 rings (SSSR count). The molecule has 3 aromatic rings. The highest BCUT2D eigenvalue weighted by Crippen LogP contribution is 2.26. The molecular formula is C23H25N3O3S. The van der Waals surface area contributed by atoms with E-state index in [-0.39, 0.29) is 12.5 Å². The lowest BCUT2D eigenvalue weighted by atomic mass is 10.2. The fraction of sp³-hybridized carbons (Fsp3) is 0.304. The summed E-state index contributed by atoms with van der Waals surface area (Å²) in [5.74, 6) is 1.22. The Morgan fingerprint density at radius 1 is 1.00 bits per heavy atom. The molecule has 0 unspecified atom stereocenters. The molecule has 0 bridgehead atoms. The van der Waals surface area contributed by atoms with Crippen molar-refractivity contribution < 1.29 is 14.3 Å². The Morgan fingerprint density at radius 3 is 2.43 bits per heavy atom. The van der Waals surface area contributed by atoms with E-state index < -0.39 is 0 Å². The van der Waals surface area contributed by atoms with Crippen LogP contribution in [0.3, 0.4) is 0 Å². The molecular weight excluding hydrogens is 398 g/mol. The summed E-state index contributed by atoms with van der Waals surface area (Å²) in [6.07, 6.45) is 0. The molecule has 6 nitrogen and oxygen atoms in total. The highest BCUT2D eigenvalue weighted by atomic mass is 32.1. The van der Waals surface area contributed by atoms with E-state index in [1.165, 1.54) is 0 Å². The molecule has 2 heterocycles. The van der Waals surface area contributed by atoms with Gasteiger partial charge in [0.05, 0.1) is 12.8 Å². The van der Waals surface area contributed by atoms with Gasteiger partial charge in [-0.2, -0.15) is 0 Å². The number of aromatic nitrogens is 1. The van der Waals surface area contributed by atoms with Crippen LogP contribution in [0.4, 0.5) is 0 Å². The van der Waals surface area contributed by atoms with Gasteiger partial charge in [-0.05, 0) is 12.1 Å². The molecule has 1 amide bonds. The number of piperazine rings is 1. The lowest BCUT2D eigenvalue weighted by Gasteiger charge is -2.34. The summed E-state index contributed by atoms with van der Waals surface area (Å²) in [6, 6.07) is 17.6. The molecule has 1 saturated heterocycles. The molecule has 156 valence electrons. The van der Waals surface area contributed by atoms with Gasteiger partial charge in [0.1, 0.15) is 5.01 Å². The third-order valence-electron chi connectivity index (χ3n) is 5.10. The quantitative estimate of drug-likeness (QED) is 0.582. The zero-order valence-electron chi connectivity index (χ0n) is 17.0. The maximum Gasteiger partial charge on any atom is 0.260 e. The second-order valence-corrected chi connectivity index (χ2v) is 7.96. The fourth-order valence-corrected chi connectivity index (χ4v) is 4.26. The average molecular weight is 424 g/mol. The van der Waals surface area contributed by atoms with E-state index in [9.17, 15) is 4.79 Å². The molecule has 2 aromatic carbocycles. The monoisotopic (exact) mass is 423 g/mol. The SMILES string of the molecule is COc1ccccc1OCC(=O)N1CCN(Cc2csc(-c3ccccc3)n2)CC1.